The van der Waals surface area contributed by atoms with Crippen LogP contribution in [0.15, 0.2) is 28.1 Å². The average molecular weight is 285 g/mol. The molecule has 0 aliphatic carbocycles. The zero-order valence-corrected chi connectivity index (χ0v) is 10.4. The quantitative estimate of drug-likeness (QED) is 0.922. The molecule has 0 saturated heterocycles. The summed E-state index contributed by atoms with van der Waals surface area (Å²) >= 11 is 4.91. The molecule has 0 aliphatic rings. The maximum absolute atomic E-state index is 5.59. The minimum Gasteiger partial charge on any atom is -0.497 e. The van der Waals surface area contributed by atoms with Crippen LogP contribution in [0.5, 0.6) is 5.75 Å². The molecule has 0 atom stereocenters. The Bertz CT molecular complexity index is 484. The molecule has 1 heterocycles. The van der Waals surface area contributed by atoms with Gasteiger partial charge in [0.15, 0.2) is 5.13 Å². The van der Waals surface area contributed by atoms with Gasteiger partial charge >= 0.3 is 0 Å². The molecule has 2 N–H and O–H groups in total. The van der Waals surface area contributed by atoms with Crippen molar-refractivity contribution in [3.63, 3.8) is 0 Å². The Hall–Kier alpha value is -1.07. The number of anilines is 1. The lowest BCUT2D eigenvalue weighted by Crippen LogP contribution is -1.86. The number of hydrogen-bond donors (Lipinski definition) is 1. The summed E-state index contributed by atoms with van der Waals surface area (Å²) in [6, 6.07) is 5.76. The maximum Gasteiger partial charge on any atom is 0.180 e. The summed E-state index contributed by atoms with van der Waals surface area (Å²) < 4.78 is 6.07. The van der Waals surface area contributed by atoms with Gasteiger partial charge in [0.1, 0.15) is 5.75 Å². The lowest BCUT2D eigenvalue weighted by Gasteiger charge is -2.04. The Morgan fingerprint density at radius 1 is 1.47 bits per heavy atom. The van der Waals surface area contributed by atoms with E-state index in [9.17, 15) is 0 Å². The number of aromatic nitrogens is 1. The number of benzene rings is 1. The fraction of sp³-hybridized carbons (Fsp3) is 0.100. The van der Waals surface area contributed by atoms with Crippen LogP contribution in [0, 0.1) is 0 Å². The van der Waals surface area contributed by atoms with Gasteiger partial charge in [0.2, 0.25) is 0 Å². The third kappa shape index (κ3) is 2.13. The average Bonchev–Trinajstić information content (AvgIpc) is 2.64. The highest BCUT2D eigenvalue weighted by Crippen LogP contribution is 2.32. The van der Waals surface area contributed by atoms with Crippen LogP contribution >= 0.6 is 27.3 Å². The van der Waals surface area contributed by atoms with Gasteiger partial charge in [-0.15, -0.1) is 11.3 Å². The van der Waals surface area contributed by atoms with Crippen LogP contribution < -0.4 is 10.5 Å². The first-order valence-electron chi connectivity index (χ1n) is 4.25. The van der Waals surface area contributed by atoms with Crippen molar-refractivity contribution in [3.05, 3.63) is 28.1 Å². The molecular formula is C10H9BrN2OS. The molecule has 0 spiro atoms. The van der Waals surface area contributed by atoms with E-state index in [1.165, 1.54) is 11.3 Å². The first-order chi connectivity index (χ1) is 7.20. The van der Waals surface area contributed by atoms with E-state index in [-0.39, 0.29) is 0 Å². The SMILES string of the molecule is COc1ccc(-c2csc(N)n2)c(Br)c1. The summed E-state index contributed by atoms with van der Waals surface area (Å²) in [6.45, 7) is 0. The number of ether oxygens (including phenoxy) is 1. The molecule has 3 nitrogen and oxygen atoms in total. The van der Waals surface area contributed by atoms with Crippen LogP contribution in [0.1, 0.15) is 0 Å². The summed E-state index contributed by atoms with van der Waals surface area (Å²) in [6.07, 6.45) is 0. The smallest absolute Gasteiger partial charge is 0.180 e. The first-order valence-corrected chi connectivity index (χ1v) is 5.93. The Balaban J connectivity index is 2.45. The van der Waals surface area contributed by atoms with Gasteiger partial charge in [-0.1, -0.05) is 0 Å². The normalized spacial score (nSPS) is 10.3. The van der Waals surface area contributed by atoms with Gasteiger partial charge in [0.25, 0.3) is 0 Å². The number of nitrogen functional groups attached to an aromatic ring is 1. The van der Waals surface area contributed by atoms with Crippen molar-refractivity contribution in [1.29, 1.82) is 0 Å². The van der Waals surface area contributed by atoms with E-state index < -0.39 is 0 Å². The third-order valence-corrected chi connectivity index (χ3v) is 3.30. The van der Waals surface area contributed by atoms with E-state index in [1.54, 1.807) is 7.11 Å². The summed E-state index contributed by atoms with van der Waals surface area (Å²) in [4.78, 5) is 4.22. The van der Waals surface area contributed by atoms with Crippen LogP contribution in [0.4, 0.5) is 5.13 Å². The summed E-state index contributed by atoms with van der Waals surface area (Å²) in [7, 11) is 1.64. The lowest BCUT2D eigenvalue weighted by molar-refractivity contribution is 0.414. The van der Waals surface area contributed by atoms with Gasteiger partial charge in [-0.05, 0) is 34.1 Å². The predicted molar refractivity (Wildman–Crippen MR) is 66.2 cm³/mol. The molecule has 2 aromatic rings. The van der Waals surface area contributed by atoms with Crippen molar-refractivity contribution in [2.45, 2.75) is 0 Å². The Morgan fingerprint density at radius 2 is 2.27 bits per heavy atom. The number of thiazole rings is 1. The molecule has 1 aromatic heterocycles. The zero-order valence-electron chi connectivity index (χ0n) is 8.03. The molecule has 0 bridgehead atoms. The molecule has 0 saturated carbocycles. The molecule has 0 unspecified atom stereocenters. The van der Waals surface area contributed by atoms with Crippen molar-refractivity contribution in [3.8, 4) is 17.0 Å². The molecule has 15 heavy (non-hydrogen) atoms. The van der Waals surface area contributed by atoms with Crippen LogP contribution in [-0.2, 0) is 0 Å². The van der Waals surface area contributed by atoms with Crippen molar-refractivity contribution >= 4 is 32.4 Å². The summed E-state index contributed by atoms with van der Waals surface area (Å²) in [5.74, 6) is 0.814. The third-order valence-electron chi connectivity index (χ3n) is 1.97. The van der Waals surface area contributed by atoms with E-state index in [0.717, 1.165) is 21.5 Å². The van der Waals surface area contributed by atoms with Crippen molar-refractivity contribution in [2.75, 3.05) is 12.8 Å². The van der Waals surface area contributed by atoms with Crippen LogP contribution in [0.3, 0.4) is 0 Å². The second-order valence-electron chi connectivity index (χ2n) is 2.92. The molecule has 0 radical (unpaired) electrons. The Morgan fingerprint density at radius 3 is 2.80 bits per heavy atom. The van der Waals surface area contributed by atoms with Crippen molar-refractivity contribution < 1.29 is 4.74 Å². The van der Waals surface area contributed by atoms with Crippen LogP contribution in [-0.4, -0.2) is 12.1 Å². The number of halogens is 1. The van der Waals surface area contributed by atoms with E-state index in [1.807, 2.05) is 23.6 Å². The number of rotatable bonds is 2. The standard InChI is InChI=1S/C10H9BrN2OS/c1-14-6-2-3-7(8(11)4-6)9-5-15-10(12)13-9/h2-5H,1H3,(H2,12,13). The van der Waals surface area contributed by atoms with Gasteiger partial charge in [0, 0.05) is 15.4 Å². The number of nitrogens with zero attached hydrogens (tertiary/aromatic N) is 1. The topological polar surface area (TPSA) is 48.1 Å². The largest absolute Gasteiger partial charge is 0.497 e. The number of hydrogen-bond acceptors (Lipinski definition) is 4. The molecule has 0 aliphatic heterocycles. The fourth-order valence-corrected chi connectivity index (χ4v) is 2.37. The van der Waals surface area contributed by atoms with Gasteiger partial charge in [-0.25, -0.2) is 4.98 Å². The molecule has 5 heteroatoms. The van der Waals surface area contributed by atoms with E-state index in [0.29, 0.717) is 5.13 Å². The fourth-order valence-electron chi connectivity index (χ4n) is 1.24. The second kappa shape index (κ2) is 4.20. The minimum atomic E-state index is 0.577. The van der Waals surface area contributed by atoms with Crippen LogP contribution in [0.25, 0.3) is 11.3 Å². The van der Waals surface area contributed by atoms with Crippen molar-refractivity contribution in [2.24, 2.45) is 0 Å². The predicted octanol–water partition coefficient (Wildman–Crippen LogP) is 3.16. The first kappa shape index (κ1) is 10.4. The monoisotopic (exact) mass is 284 g/mol. The van der Waals surface area contributed by atoms with Gasteiger partial charge in [-0.2, -0.15) is 0 Å². The van der Waals surface area contributed by atoms with E-state index in [4.69, 9.17) is 10.5 Å². The van der Waals surface area contributed by atoms with E-state index >= 15 is 0 Å². The number of nitrogens with two attached hydrogens (primary N) is 1. The maximum atomic E-state index is 5.59. The van der Waals surface area contributed by atoms with Gasteiger partial charge in [-0.3, -0.25) is 0 Å². The molecule has 2 rings (SSSR count). The lowest BCUT2D eigenvalue weighted by atomic mass is 10.2. The highest BCUT2D eigenvalue weighted by atomic mass is 79.9. The molecule has 0 amide bonds. The van der Waals surface area contributed by atoms with Crippen LogP contribution in [0.2, 0.25) is 0 Å². The minimum absolute atomic E-state index is 0.577. The van der Waals surface area contributed by atoms with E-state index in [2.05, 4.69) is 20.9 Å². The highest BCUT2D eigenvalue weighted by molar-refractivity contribution is 9.10. The highest BCUT2D eigenvalue weighted by Gasteiger charge is 2.07. The molecule has 0 fully saturated rings. The Kier molecular flexibility index (Phi) is 2.93. The van der Waals surface area contributed by atoms with Crippen molar-refractivity contribution in [1.82, 2.24) is 4.98 Å². The summed E-state index contributed by atoms with van der Waals surface area (Å²) in [5.41, 5.74) is 7.49. The van der Waals surface area contributed by atoms with Gasteiger partial charge < -0.3 is 10.5 Å². The number of methoxy groups -OCH3 is 1. The molecular weight excluding hydrogens is 276 g/mol. The molecule has 78 valence electrons. The molecule has 1 aromatic carbocycles. The second-order valence-corrected chi connectivity index (χ2v) is 4.66. The van der Waals surface area contributed by atoms with Gasteiger partial charge in [0.05, 0.1) is 12.8 Å². The Labute approximate surface area is 100 Å². The summed E-state index contributed by atoms with van der Waals surface area (Å²) in [5, 5.41) is 2.51. The zero-order chi connectivity index (χ0) is 10.8.